The zero-order chi connectivity index (χ0) is 16.1. The Balaban J connectivity index is 2.13. The van der Waals surface area contributed by atoms with Crippen molar-refractivity contribution in [3.63, 3.8) is 0 Å². The maximum Gasteiger partial charge on any atom is 0.314 e. The van der Waals surface area contributed by atoms with Gasteiger partial charge in [-0.2, -0.15) is 0 Å². The van der Waals surface area contributed by atoms with Crippen LogP contribution in [-0.2, 0) is 9.59 Å². The lowest BCUT2D eigenvalue weighted by Gasteiger charge is -2.26. The quantitative estimate of drug-likeness (QED) is 0.688. The molecule has 0 bridgehead atoms. The van der Waals surface area contributed by atoms with Crippen LogP contribution >= 0.6 is 0 Å². The first kappa shape index (κ1) is 16.0. The van der Waals surface area contributed by atoms with Gasteiger partial charge in [0.15, 0.2) is 0 Å². The number of benzene rings is 1. The number of halogens is 2. The molecule has 1 saturated carbocycles. The summed E-state index contributed by atoms with van der Waals surface area (Å²) in [5.41, 5.74) is -0.632. The van der Waals surface area contributed by atoms with E-state index in [-0.39, 0.29) is 12.6 Å². The van der Waals surface area contributed by atoms with E-state index in [0.717, 1.165) is 37.8 Å². The summed E-state index contributed by atoms with van der Waals surface area (Å²) in [6, 6.07) is 3.07. The van der Waals surface area contributed by atoms with Crippen molar-refractivity contribution < 1.29 is 18.4 Å². The third-order valence-electron chi connectivity index (χ3n) is 3.68. The first-order chi connectivity index (χ1) is 10.5. The molecule has 0 aliphatic heterocycles. The van der Waals surface area contributed by atoms with Crippen LogP contribution in [0.25, 0.3) is 0 Å². The Morgan fingerprint density at radius 2 is 1.86 bits per heavy atom. The van der Waals surface area contributed by atoms with Crippen LogP contribution in [0, 0.1) is 24.0 Å². The van der Waals surface area contributed by atoms with Crippen LogP contribution in [0.3, 0.4) is 0 Å². The number of nitrogens with zero attached hydrogens (tertiary/aromatic N) is 1. The van der Waals surface area contributed by atoms with Crippen molar-refractivity contribution in [2.24, 2.45) is 0 Å². The molecule has 1 aliphatic rings. The zero-order valence-corrected chi connectivity index (χ0v) is 11.9. The normalized spacial score (nSPS) is 14.4. The molecule has 1 fully saturated rings. The molecule has 0 spiro atoms. The Morgan fingerprint density at radius 1 is 1.27 bits per heavy atom. The molecular weight excluding hydrogens is 290 g/mol. The molecule has 0 heterocycles. The highest BCUT2D eigenvalue weighted by Gasteiger charge is 2.30. The highest BCUT2D eigenvalue weighted by atomic mass is 19.1. The predicted octanol–water partition coefficient (Wildman–Crippen LogP) is 2.31. The average Bonchev–Trinajstić information content (AvgIpc) is 3.02. The SMILES string of the molecule is C#CCN(C(=O)C(=O)Nc1c(F)cccc1F)C1CCCC1. The summed E-state index contributed by atoms with van der Waals surface area (Å²) in [4.78, 5) is 25.5. The maximum atomic E-state index is 13.5. The zero-order valence-electron chi connectivity index (χ0n) is 11.9. The number of anilines is 1. The van der Waals surface area contributed by atoms with Crippen LogP contribution in [0.5, 0.6) is 0 Å². The van der Waals surface area contributed by atoms with Crippen molar-refractivity contribution in [3.05, 3.63) is 29.8 Å². The molecule has 0 saturated heterocycles. The molecule has 116 valence electrons. The minimum atomic E-state index is -1.09. The van der Waals surface area contributed by atoms with E-state index in [2.05, 4.69) is 5.92 Å². The molecule has 1 aromatic rings. The van der Waals surface area contributed by atoms with E-state index in [4.69, 9.17) is 6.42 Å². The van der Waals surface area contributed by atoms with Crippen LogP contribution in [0.15, 0.2) is 18.2 Å². The first-order valence-corrected chi connectivity index (χ1v) is 7.04. The van der Waals surface area contributed by atoms with Gasteiger partial charge in [-0.05, 0) is 25.0 Å². The summed E-state index contributed by atoms with van der Waals surface area (Å²) < 4.78 is 27.0. The van der Waals surface area contributed by atoms with E-state index in [0.29, 0.717) is 0 Å². The monoisotopic (exact) mass is 306 g/mol. The van der Waals surface area contributed by atoms with E-state index in [9.17, 15) is 18.4 Å². The molecule has 2 amide bonds. The van der Waals surface area contributed by atoms with Gasteiger partial charge < -0.3 is 10.2 Å². The highest BCUT2D eigenvalue weighted by Crippen LogP contribution is 2.24. The number of hydrogen-bond acceptors (Lipinski definition) is 2. The number of carbonyl (C=O) groups excluding carboxylic acids is 2. The van der Waals surface area contributed by atoms with Gasteiger partial charge in [0, 0.05) is 6.04 Å². The van der Waals surface area contributed by atoms with Gasteiger partial charge in [0.05, 0.1) is 6.54 Å². The fourth-order valence-corrected chi connectivity index (χ4v) is 2.60. The Bertz CT molecular complexity index is 599. The van der Waals surface area contributed by atoms with Gasteiger partial charge in [-0.15, -0.1) is 6.42 Å². The Labute approximate surface area is 127 Å². The van der Waals surface area contributed by atoms with E-state index in [1.165, 1.54) is 11.0 Å². The summed E-state index contributed by atoms with van der Waals surface area (Å²) in [6.45, 7) is -0.00330. The molecule has 1 aliphatic carbocycles. The van der Waals surface area contributed by atoms with E-state index < -0.39 is 29.1 Å². The second kappa shape index (κ2) is 7.03. The minimum absolute atomic E-state index is 0.00330. The summed E-state index contributed by atoms with van der Waals surface area (Å²) in [7, 11) is 0. The molecule has 4 nitrogen and oxygen atoms in total. The molecular formula is C16H16F2N2O2. The van der Waals surface area contributed by atoms with Crippen molar-refractivity contribution in [3.8, 4) is 12.3 Å². The van der Waals surface area contributed by atoms with Crippen LogP contribution in [-0.4, -0.2) is 29.3 Å². The van der Waals surface area contributed by atoms with Gasteiger partial charge in [0.2, 0.25) is 0 Å². The van der Waals surface area contributed by atoms with Crippen molar-refractivity contribution in [2.45, 2.75) is 31.7 Å². The molecule has 0 atom stereocenters. The lowest BCUT2D eigenvalue weighted by atomic mass is 10.2. The van der Waals surface area contributed by atoms with E-state index in [1.54, 1.807) is 0 Å². The molecule has 1 N–H and O–H groups in total. The standard InChI is InChI=1S/C16H16F2N2O2/c1-2-10-20(11-6-3-4-7-11)16(22)15(21)19-14-12(17)8-5-9-13(14)18/h1,5,8-9,11H,3-4,6-7,10H2,(H,19,21). The molecule has 6 heteroatoms. The molecule has 0 unspecified atom stereocenters. The predicted molar refractivity (Wildman–Crippen MR) is 77.8 cm³/mol. The van der Waals surface area contributed by atoms with Crippen molar-refractivity contribution >= 4 is 17.5 Å². The Kier molecular flexibility index (Phi) is 5.10. The van der Waals surface area contributed by atoms with Crippen LogP contribution in [0.4, 0.5) is 14.5 Å². The molecule has 22 heavy (non-hydrogen) atoms. The molecule has 1 aromatic carbocycles. The number of rotatable bonds is 3. The van der Waals surface area contributed by atoms with Crippen molar-refractivity contribution in [2.75, 3.05) is 11.9 Å². The number of nitrogens with one attached hydrogen (secondary N) is 1. The molecule has 2 rings (SSSR count). The van der Waals surface area contributed by atoms with Crippen LogP contribution in [0.1, 0.15) is 25.7 Å². The highest BCUT2D eigenvalue weighted by molar-refractivity contribution is 6.39. The third kappa shape index (κ3) is 3.42. The topological polar surface area (TPSA) is 49.4 Å². The van der Waals surface area contributed by atoms with E-state index >= 15 is 0 Å². The summed E-state index contributed by atoms with van der Waals surface area (Å²) in [6.07, 6.45) is 8.71. The van der Waals surface area contributed by atoms with Crippen LogP contribution in [0.2, 0.25) is 0 Å². The Morgan fingerprint density at radius 3 is 2.41 bits per heavy atom. The molecule has 0 radical (unpaired) electrons. The van der Waals surface area contributed by atoms with E-state index in [1.807, 2.05) is 5.32 Å². The third-order valence-corrected chi connectivity index (χ3v) is 3.68. The fraction of sp³-hybridized carbons (Fsp3) is 0.375. The van der Waals surface area contributed by atoms with Crippen LogP contribution < -0.4 is 5.32 Å². The minimum Gasteiger partial charge on any atom is -0.320 e. The average molecular weight is 306 g/mol. The number of amides is 2. The van der Waals surface area contributed by atoms with Crippen molar-refractivity contribution in [1.82, 2.24) is 4.90 Å². The van der Waals surface area contributed by atoms with Gasteiger partial charge in [0.1, 0.15) is 17.3 Å². The molecule has 0 aromatic heterocycles. The van der Waals surface area contributed by atoms with Crippen molar-refractivity contribution in [1.29, 1.82) is 0 Å². The largest absolute Gasteiger partial charge is 0.320 e. The summed E-state index contributed by atoms with van der Waals surface area (Å²) in [5, 5.41) is 1.99. The summed E-state index contributed by atoms with van der Waals surface area (Å²) in [5.74, 6) is -1.49. The lowest BCUT2D eigenvalue weighted by molar-refractivity contribution is -0.144. The second-order valence-corrected chi connectivity index (χ2v) is 5.13. The van der Waals surface area contributed by atoms with Gasteiger partial charge >= 0.3 is 11.8 Å². The fourth-order valence-electron chi connectivity index (χ4n) is 2.60. The van der Waals surface area contributed by atoms with Gasteiger partial charge in [-0.1, -0.05) is 24.8 Å². The smallest absolute Gasteiger partial charge is 0.314 e. The Hall–Kier alpha value is -2.42. The first-order valence-electron chi connectivity index (χ1n) is 7.04. The van der Waals surface area contributed by atoms with Gasteiger partial charge in [0.25, 0.3) is 0 Å². The second-order valence-electron chi connectivity index (χ2n) is 5.13. The number of terminal acetylenes is 1. The maximum absolute atomic E-state index is 13.5. The number of carbonyl (C=O) groups is 2. The van der Waals surface area contributed by atoms with Gasteiger partial charge in [-0.3, -0.25) is 9.59 Å². The lowest BCUT2D eigenvalue weighted by Crippen LogP contribution is -2.45. The van der Waals surface area contributed by atoms with Gasteiger partial charge in [-0.25, -0.2) is 8.78 Å². The number of hydrogen-bond donors (Lipinski definition) is 1. The number of para-hydroxylation sites is 1. The summed E-state index contributed by atoms with van der Waals surface area (Å²) >= 11 is 0.